The van der Waals surface area contributed by atoms with Crippen LogP contribution in [0.15, 0.2) is 10.6 Å². The molecule has 19 heavy (non-hydrogen) atoms. The van der Waals surface area contributed by atoms with Gasteiger partial charge in [-0.2, -0.15) is 0 Å². The zero-order valence-electron chi connectivity index (χ0n) is 11.4. The highest BCUT2D eigenvalue weighted by atomic mass is 16.5. The molecule has 1 aromatic heterocycles. The predicted molar refractivity (Wildman–Crippen MR) is 69.3 cm³/mol. The average Bonchev–Trinajstić information content (AvgIpc) is 3.05. The van der Waals surface area contributed by atoms with Crippen molar-refractivity contribution in [2.75, 3.05) is 11.9 Å². The van der Waals surface area contributed by atoms with Gasteiger partial charge < -0.3 is 15.2 Å². The van der Waals surface area contributed by atoms with Gasteiger partial charge in [0.15, 0.2) is 5.82 Å². The molecule has 1 heterocycles. The maximum atomic E-state index is 11.9. The summed E-state index contributed by atoms with van der Waals surface area (Å²) in [5.74, 6) is 0.792. The Kier molecular flexibility index (Phi) is 3.87. The lowest BCUT2D eigenvalue weighted by atomic mass is 10.2. The summed E-state index contributed by atoms with van der Waals surface area (Å²) in [4.78, 5) is 23.6. The molecule has 1 aliphatic rings. The van der Waals surface area contributed by atoms with E-state index in [2.05, 4.69) is 15.8 Å². The van der Waals surface area contributed by atoms with Crippen molar-refractivity contribution in [3.63, 3.8) is 0 Å². The Morgan fingerprint density at radius 1 is 1.42 bits per heavy atom. The topological polar surface area (TPSA) is 84.2 Å². The Hall–Kier alpha value is -1.85. The van der Waals surface area contributed by atoms with Crippen LogP contribution in [-0.4, -0.2) is 23.5 Å². The van der Waals surface area contributed by atoms with Crippen molar-refractivity contribution in [3.05, 3.63) is 11.8 Å². The van der Waals surface area contributed by atoms with E-state index in [0.717, 1.165) is 0 Å². The van der Waals surface area contributed by atoms with Crippen molar-refractivity contribution in [2.45, 2.75) is 27.2 Å². The van der Waals surface area contributed by atoms with E-state index in [1.165, 1.54) is 0 Å². The summed E-state index contributed by atoms with van der Waals surface area (Å²) < 4.78 is 4.86. The fourth-order valence-electron chi connectivity index (χ4n) is 1.85. The van der Waals surface area contributed by atoms with Gasteiger partial charge >= 0.3 is 0 Å². The molecular weight excluding hydrogens is 246 g/mol. The zero-order valence-corrected chi connectivity index (χ0v) is 11.4. The third kappa shape index (κ3) is 3.56. The molecule has 2 rings (SSSR count). The van der Waals surface area contributed by atoms with E-state index < -0.39 is 0 Å². The number of hydrogen-bond acceptors (Lipinski definition) is 4. The summed E-state index contributed by atoms with van der Waals surface area (Å²) in [5, 5.41) is 9.18. The number of carbonyl (C=O) groups is 2. The van der Waals surface area contributed by atoms with Crippen molar-refractivity contribution in [2.24, 2.45) is 17.8 Å². The van der Waals surface area contributed by atoms with E-state index in [4.69, 9.17) is 4.52 Å². The normalized spacial score (nSPS) is 21.3. The van der Waals surface area contributed by atoms with Crippen LogP contribution in [0.25, 0.3) is 0 Å². The molecule has 2 amide bonds. The minimum atomic E-state index is -0.246. The average molecular weight is 265 g/mol. The maximum Gasteiger partial charge on any atom is 0.229 e. The van der Waals surface area contributed by atoms with E-state index in [0.29, 0.717) is 30.5 Å². The van der Waals surface area contributed by atoms with E-state index in [1.54, 1.807) is 13.0 Å². The van der Waals surface area contributed by atoms with Crippen LogP contribution >= 0.6 is 0 Å². The third-order valence-corrected chi connectivity index (χ3v) is 3.03. The molecule has 1 aromatic rings. The molecule has 0 saturated heterocycles. The van der Waals surface area contributed by atoms with Crippen LogP contribution < -0.4 is 10.6 Å². The lowest BCUT2D eigenvalue weighted by Crippen LogP contribution is -2.30. The molecule has 1 saturated carbocycles. The minimum Gasteiger partial charge on any atom is -0.360 e. The van der Waals surface area contributed by atoms with Crippen LogP contribution in [-0.2, 0) is 9.59 Å². The molecule has 2 atom stereocenters. The second kappa shape index (κ2) is 5.42. The molecular formula is C13H19N3O3. The zero-order chi connectivity index (χ0) is 14.0. The van der Waals surface area contributed by atoms with Gasteiger partial charge in [-0.3, -0.25) is 9.59 Å². The number of anilines is 1. The highest BCUT2D eigenvalue weighted by Crippen LogP contribution is 2.39. The number of carbonyl (C=O) groups excluding carboxylic acids is 2. The van der Waals surface area contributed by atoms with Gasteiger partial charge in [-0.1, -0.05) is 19.0 Å². The molecule has 2 N–H and O–H groups in total. The largest absolute Gasteiger partial charge is 0.360 e. The fraction of sp³-hybridized carbons (Fsp3) is 0.615. The smallest absolute Gasteiger partial charge is 0.229 e. The van der Waals surface area contributed by atoms with Crippen LogP contribution in [0.2, 0.25) is 0 Å². The van der Waals surface area contributed by atoms with Crippen molar-refractivity contribution in [3.8, 4) is 0 Å². The first-order chi connectivity index (χ1) is 8.97. The van der Waals surface area contributed by atoms with Crippen molar-refractivity contribution >= 4 is 17.6 Å². The summed E-state index contributed by atoms with van der Waals surface area (Å²) in [7, 11) is 0. The predicted octanol–water partition coefficient (Wildman–Crippen LogP) is 1.33. The quantitative estimate of drug-likeness (QED) is 0.841. The summed E-state index contributed by atoms with van der Waals surface area (Å²) in [6.45, 7) is 6.46. The molecule has 0 aromatic carbocycles. The molecule has 6 nitrogen and oxygen atoms in total. The van der Waals surface area contributed by atoms with Crippen LogP contribution in [0.4, 0.5) is 5.82 Å². The minimum absolute atomic E-state index is 0.0369. The van der Waals surface area contributed by atoms with Crippen molar-refractivity contribution in [1.82, 2.24) is 10.5 Å². The van der Waals surface area contributed by atoms with Gasteiger partial charge in [-0.25, -0.2) is 0 Å². The first-order valence-electron chi connectivity index (χ1n) is 6.49. The van der Waals surface area contributed by atoms with E-state index >= 15 is 0 Å². The molecule has 2 unspecified atom stereocenters. The molecule has 6 heteroatoms. The first kappa shape index (κ1) is 13.6. The highest BCUT2D eigenvalue weighted by molar-refractivity contribution is 5.99. The van der Waals surface area contributed by atoms with Gasteiger partial charge in [0.1, 0.15) is 5.76 Å². The molecule has 1 fully saturated rings. The number of amides is 2. The second-order valence-electron chi connectivity index (χ2n) is 5.40. The van der Waals surface area contributed by atoms with Crippen molar-refractivity contribution in [1.29, 1.82) is 0 Å². The van der Waals surface area contributed by atoms with E-state index in [1.807, 2.05) is 13.8 Å². The van der Waals surface area contributed by atoms with E-state index in [9.17, 15) is 9.59 Å². The SMILES string of the molecule is Cc1cc(NC(=O)C2CC2C(=O)NCC(C)C)no1. The number of aromatic nitrogens is 1. The third-order valence-electron chi connectivity index (χ3n) is 3.03. The fourth-order valence-corrected chi connectivity index (χ4v) is 1.85. The molecule has 104 valence electrons. The lowest BCUT2D eigenvalue weighted by molar-refractivity contribution is -0.125. The van der Waals surface area contributed by atoms with Gasteiger partial charge in [0.25, 0.3) is 0 Å². The van der Waals surface area contributed by atoms with Crippen LogP contribution in [0.5, 0.6) is 0 Å². The molecule has 0 spiro atoms. The van der Waals surface area contributed by atoms with Crippen LogP contribution in [0.1, 0.15) is 26.0 Å². The lowest BCUT2D eigenvalue weighted by Gasteiger charge is -2.07. The Morgan fingerprint density at radius 2 is 2.11 bits per heavy atom. The molecule has 0 bridgehead atoms. The number of rotatable bonds is 5. The Morgan fingerprint density at radius 3 is 2.68 bits per heavy atom. The number of nitrogens with one attached hydrogen (secondary N) is 2. The molecule has 0 aliphatic heterocycles. The Bertz CT molecular complexity index is 481. The molecule has 1 aliphatic carbocycles. The van der Waals surface area contributed by atoms with Crippen molar-refractivity contribution < 1.29 is 14.1 Å². The first-order valence-corrected chi connectivity index (χ1v) is 6.49. The molecule has 0 radical (unpaired) electrons. The summed E-state index contributed by atoms with van der Waals surface area (Å²) >= 11 is 0. The summed E-state index contributed by atoms with van der Waals surface area (Å²) in [6.07, 6.45) is 0.604. The highest BCUT2D eigenvalue weighted by Gasteiger charge is 2.48. The standard InChI is InChI=1S/C13H19N3O3/c1-7(2)6-14-12(17)9-5-10(9)13(18)15-11-4-8(3)19-16-11/h4,7,9-10H,5-6H2,1-3H3,(H,14,17)(H,15,16,18). The van der Waals surface area contributed by atoms with Crippen LogP contribution in [0, 0.1) is 24.7 Å². The van der Waals surface area contributed by atoms with Gasteiger partial charge in [0, 0.05) is 12.6 Å². The Labute approximate surface area is 111 Å². The number of hydrogen-bond donors (Lipinski definition) is 2. The van der Waals surface area contributed by atoms with Gasteiger partial charge in [-0.15, -0.1) is 0 Å². The summed E-state index contributed by atoms with van der Waals surface area (Å²) in [6, 6.07) is 1.65. The van der Waals surface area contributed by atoms with Gasteiger partial charge in [0.05, 0.1) is 11.8 Å². The number of nitrogens with zero attached hydrogens (tertiary/aromatic N) is 1. The number of aryl methyl sites for hydroxylation is 1. The van der Waals surface area contributed by atoms with E-state index in [-0.39, 0.29) is 23.7 Å². The monoisotopic (exact) mass is 265 g/mol. The Balaban J connectivity index is 1.78. The van der Waals surface area contributed by atoms with Gasteiger partial charge in [0.2, 0.25) is 11.8 Å². The van der Waals surface area contributed by atoms with Gasteiger partial charge in [-0.05, 0) is 19.3 Å². The summed E-state index contributed by atoms with van der Waals surface area (Å²) in [5.41, 5.74) is 0. The maximum absolute atomic E-state index is 11.9. The second-order valence-corrected chi connectivity index (χ2v) is 5.40. The van der Waals surface area contributed by atoms with Crippen LogP contribution in [0.3, 0.4) is 0 Å².